The maximum absolute atomic E-state index is 11.3. The Hall–Kier alpha value is -1.45. The normalized spacial score (nSPS) is 11.4. The van der Waals surface area contributed by atoms with Gasteiger partial charge < -0.3 is 15.5 Å². The first-order chi connectivity index (χ1) is 6.36. The number of aromatic amines is 1. The van der Waals surface area contributed by atoms with Crippen molar-refractivity contribution in [1.82, 2.24) is 4.98 Å². The Morgan fingerprint density at radius 1 is 1.50 bits per heavy atom. The Morgan fingerprint density at radius 2 is 2.07 bits per heavy atom. The average molecular weight is 196 g/mol. The second-order valence-electron chi connectivity index (χ2n) is 4.25. The predicted octanol–water partition coefficient (Wildman–Crippen LogP) is 1.68. The number of rotatable bonds is 1. The predicted molar refractivity (Wildman–Crippen MR) is 55.2 cm³/mol. The minimum absolute atomic E-state index is 0.0552. The number of nitrogen functional groups attached to an aromatic ring is 1. The minimum atomic E-state index is -0.408. The fourth-order valence-corrected chi connectivity index (χ4v) is 1.15. The van der Waals surface area contributed by atoms with Crippen LogP contribution in [0.4, 0.5) is 5.82 Å². The van der Waals surface area contributed by atoms with E-state index in [0.29, 0.717) is 11.4 Å². The van der Waals surface area contributed by atoms with E-state index in [1.165, 1.54) is 7.11 Å². The maximum Gasteiger partial charge on any atom is 0.341 e. The average Bonchev–Trinajstić information content (AvgIpc) is 2.45. The number of anilines is 1. The van der Waals surface area contributed by atoms with Gasteiger partial charge in [0.1, 0.15) is 11.4 Å². The number of hydrogen-bond acceptors (Lipinski definition) is 3. The number of nitrogens with one attached hydrogen (secondary N) is 1. The molecule has 0 saturated carbocycles. The van der Waals surface area contributed by atoms with Gasteiger partial charge in [0.2, 0.25) is 0 Å². The molecule has 0 aliphatic heterocycles. The first-order valence-corrected chi connectivity index (χ1v) is 4.43. The van der Waals surface area contributed by atoms with Crippen molar-refractivity contribution in [3.05, 3.63) is 17.3 Å². The molecule has 0 fully saturated rings. The second-order valence-corrected chi connectivity index (χ2v) is 4.25. The van der Waals surface area contributed by atoms with Crippen molar-refractivity contribution in [2.24, 2.45) is 0 Å². The minimum Gasteiger partial charge on any atom is -0.465 e. The van der Waals surface area contributed by atoms with Crippen LogP contribution in [0.1, 0.15) is 36.8 Å². The number of H-pyrrole nitrogens is 1. The fourth-order valence-electron chi connectivity index (χ4n) is 1.15. The largest absolute Gasteiger partial charge is 0.465 e. The van der Waals surface area contributed by atoms with Gasteiger partial charge in [-0.1, -0.05) is 20.8 Å². The van der Waals surface area contributed by atoms with E-state index in [-0.39, 0.29) is 5.41 Å². The van der Waals surface area contributed by atoms with E-state index < -0.39 is 5.97 Å². The molecular formula is C10H16N2O2. The van der Waals surface area contributed by atoms with Crippen LogP contribution in [0.3, 0.4) is 0 Å². The number of esters is 1. The van der Waals surface area contributed by atoms with Gasteiger partial charge in [0.15, 0.2) is 0 Å². The molecule has 4 heteroatoms. The van der Waals surface area contributed by atoms with E-state index in [0.717, 1.165) is 5.69 Å². The Kier molecular flexibility index (Phi) is 2.55. The molecule has 1 rings (SSSR count). The van der Waals surface area contributed by atoms with Crippen molar-refractivity contribution < 1.29 is 9.53 Å². The van der Waals surface area contributed by atoms with Crippen molar-refractivity contribution in [2.45, 2.75) is 26.2 Å². The highest BCUT2D eigenvalue weighted by atomic mass is 16.5. The van der Waals surface area contributed by atoms with Crippen LogP contribution in [0.2, 0.25) is 0 Å². The van der Waals surface area contributed by atoms with Gasteiger partial charge in [-0.2, -0.15) is 0 Å². The summed E-state index contributed by atoms with van der Waals surface area (Å²) in [4.78, 5) is 14.2. The molecule has 0 aromatic carbocycles. The van der Waals surface area contributed by atoms with Crippen molar-refractivity contribution in [2.75, 3.05) is 12.8 Å². The summed E-state index contributed by atoms with van der Waals surface area (Å²) in [6.45, 7) is 6.12. The molecule has 0 saturated heterocycles. The Balaban J connectivity index is 3.12. The summed E-state index contributed by atoms with van der Waals surface area (Å²) in [5.41, 5.74) is 6.93. The molecule has 0 amide bonds. The number of nitrogens with two attached hydrogens (primary N) is 1. The SMILES string of the molecule is COC(=O)c1cc(C(C)(C)C)[nH]c1N. The lowest BCUT2D eigenvalue weighted by Gasteiger charge is -2.15. The van der Waals surface area contributed by atoms with Gasteiger partial charge in [-0.25, -0.2) is 4.79 Å². The zero-order valence-electron chi connectivity index (χ0n) is 8.97. The summed E-state index contributed by atoms with van der Waals surface area (Å²) >= 11 is 0. The molecule has 4 nitrogen and oxygen atoms in total. The molecule has 14 heavy (non-hydrogen) atoms. The molecule has 1 aromatic rings. The number of carbonyl (C=O) groups is 1. The number of carbonyl (C=O) groups excluding carboxylic acids is 1. The summed E-state index contributed by atoms with van der Waals surface area (Å²) in [6, 6.07) is 1.74. The van der Waals surface area contributed by atoms with Gasteiger partial charge in [-0.15, -0.1) is 0 Å². The molecule has 0 bridgehead atoms. The van der Waals surface area contributed by atoms with E-state index in [1.807, 2.05) is 20.8 Å². The number of aromatic nitrogens is 1. The molecule has 0 spiro atoms. The second kappa shape index (κ2) is 3.36. The van der Waals surface area contributed by atoms with Gasteiger partial charge >= 0.3 is 5.97 Å². The van der Waals surface area contributed by atoms with E-state index in [9.17, 15) is 4.79 Å². The summed E-state index contributed by atoms with van der Waals surface area (Å²) in [7, 11) is 1.34. The quantitative estimate of drug-likeness (QED) is 0.671. The molecule has 0 aliphatic rings. The highest BCUT2D eigenvalue weighted by Crippen LogP contribution is 2.25. The molecular weight excluding hydrogens is 180 g/mol. The van der Waals surface area contributed by atoms with Crippen molar-refractivity contribution in [3.8, 4) is 0 Å². The molecule has 0 radical (unpaired) electrons. The van der Waals surface area contributed by atoms with Gasteiger partial charge in [0, 0.05) is 11.1 Å². The third kappa shape index (κ3) is 1.89. The highest BCUT2D eigenvalue weighted by molar-refractivity contribution is 5.94. The molecule has 78 valence electrons. The van der Waals surface area contributed by atoms with Crippen LogP contribution in [-0.4, -0.2) is 18.1 Å². The number of hydrogen-bond donors (Lipinski definition) is 2. The van der Waals surface area contributed by atoms with Crippen LogP contribution in [-0.2, 0) is 10.2 Å². The van der Waals surface area contributed by atoms with E-state index in [1.54, 1.807) is 6.07 Å². The van der Waals surface area contributed by atoms with Crippen molar-refractivity contribution in [3.63, 3.8) is 0 Å². The van der Waals surface area contributed by atoms with Crippen LogP contribution in [0.5, 0.6) is 0 Å². The molecule has 1 aromatic heterocycles. The lowest BCUT2D eigenvalue weighted by atomic mass is 9.92. The molecule has 3 N–H and O–H groups in total. The Bertz CT molecular complexity index is 347. The zero-order chi connectivity index (χ0) is 10.9. The summed E-state index contributed by atoms with van der Waals surface area (Å²) < 4.78 is 4.60. The Morgan fingerprint density at radius 3 is 2.43 bits per heavy atom. The summed E-state index contributed by atoms with van der Waals surface area (Å²) in [6.07, 6.45) is 0. The third-order valence-corrected chi connectivity index (χ3v) is 2.06. The van der Waals surface area contributed by atoms with Gasteiger partial charge in [0.25, 0.3) is 0 Å². The van der Waals surface area contributed by atoms with Gasteiger partial charge in [-0.3, -0.25) is 0 Å². The summed E-state index contributed by atoms with van der Waals surface area (Å²) in [5.74, 6) is -0.0453. The van der Waals surface area contributed by atoms with Crippen LogP contribution in [0.15, 0.2) is 6.07 Å². The first-order valence-electron chi connectivity index (χ1n) is 4.43. The van der Waals surface area contributed by atoms with E-state index in [2.05, 4.69) is 9.72 Å². The topological polar surface area (TPSA) is 68.1 Å². The van der Waals surface area contributed by atoms with Crippen LogP contribution in [0, 0.1) is 0 Å². The third-order valence-electron chi connectivity index (χ3n) is 2.06. The maximum atomic E-state index is 11.3. The monoisotopic (exact) mass is 196 g/mol. The lowest BCUT2D eigenvalue weighted by Crippen LogP contribution is -2.11. The van der Waals surface area contributed by atoms with Crippen LogP contribution >= 0.6 is 0 Å². The molecule has 0 unspecified atom stereocenters. The van der Waals surface area contributed by atoms with Crippen LogP contribution in [0.25, 0.3) is 0 Å². The summed E-state index contributed by atoms with van der Waals surface area (Å²) in [5, 5.41) is 0. The lowest BCUT2D eigenvalue weighted by molar-refractivity contribution is 0.0602. The first kappa shape index (κ1) is 10.6. The van der Waals surface area contributed by atoms with Gasteiger partial charge in [-0.05, 0) is 6.07 Å². The van der Waals surface area contributed by atoms with Crippen LogP contribution < -0.4 is 5.73 Å². The fraction of sp³-hybridized carbons (Fsp3) is 0.500. The van der Waals surface area contributed by atoms with Crippen molar-refractivity contribution >= 4 is 11.8 Å². The van der Waals surface area contributed by atoms with Crippen molar-refractivity contribution in [1.29, 1.82) is 0 Å². The number of methoxy groups -OCH3 is 1. The van der Waals surface area contributed by atoms with Gasteiger partial charge in [0.05, 0.1) is 7.11 Å². The molecule has 0 atom stereocenters. The number of ether oxygens (including phenoxy) is 1. The standard InChI is InChI=1S/C10H16N2O2/c1-10(2,3)7-5-6(8(11)12-7)9(13)14-4/h5,12H,11H2,1-4H3. The molecule has 0 aliphatic carbocycles. The van der Waals surface area contributed by atoms with E-state index >= 15 is 0 Å². The zero-order valence-corrected chi connectivity index (χ0v) is 8.97. The Labute approximate surface area is 83.4 Å². The van der Waals surface area contributed by atoms with E-state index in [4.69, 9.17) is 5.73 Å². The molecule has 1 heterocycles. The highest BCUT2D eigenvalue weighted by Gasteiger charge is 2.21. The smallest absolute Gasteiger partial charge is 0.341 e.